The van der Waals surface area contributed by atoms with Gasteiger partial charge in [0.2, 0.25) is 0 Å². The fraction of sp³-hybridized carbons (Fsp3) is 0.458. The molecule has 3 aromatic rings. The van der Waals surface area contributed by atoms with Gasteiger partial charge in [0.1, 0.15) is 5.75 Å². The van der Waals surface area contributed by atoms with Crippen molar-refractivity contribution in [1.82, 2.24) is 25.3 Å². The average Bonchev–Trinajstić information content (AvgIpc) is 3.34. The normalized spacial score (nSPS) is 26.9. The van der Waals surface area contributed by atoms with Gasteiger partial charge in [-0.15, -0.1) is 10.2 Å². The van der Waals surface area contributed by atoms with Crippen LogP contribution in [0.2, 0.25) is 0 Å². The molecule has 0 unspecified atom stereocenters. The van der Waals surface area contributed by atoms with Crippen LogP contribution >= 0.6 is 0 Å². The standard InChI is InChI=1S/C24H29FN6O/c1-23-8-9-24(2,29-23)12-18(11-23)30(3)22-7-6-20(27-28-22)19-5-4-16(10-21(19)32)17-13-26-31(14-17)15-25/h4-7,10,13-14,18,29,32H,8-9,11-12,15H2,1-3H3/t18-,23+,24-. The first-order valence-corrected chi connectivity index (χ1v) is 11.1. The van der Waals surface area contributed by atoms with Gasteiger partial charge in [-0.05, 0) is 69.4 Å². The first kappa shape index (κ1) is 20.9. The van der Waals surface area contributed by atoms with Crippen molar-refractivity contribution >= 4 is 5.82 Å². The number of anilines is 1. The highest BCUT2D eigenvalue weighted by atomic mass is 19.1. The lowest BCUT2D eigenvalue weighted by atomic mass is 9.84. The van der Waals surface area contributed by atoms with E-state index in [1.165, 1.54) is 17.5 Å². The van der Waals surface area contributed by atoms with Crippen LogP contribution in [0.1, 0.15) is 39.5 Å². The lowest BCUT2D eigenvalue weighted by molar-refractivity contribution is 0.207. The summed E-state index contributed by atoms with van der Waals surface area (Å²) >= 11 is 0. The Balaban J connectivity index is 1.34. The van der Waals surface area contributed by atoms with Crippen LogP contribution in [0, 0.1) is 0 Å². The number of hydrogen-bond donors (Lipinski definition) is 2. The zero-order valence-corrected chi connectivity index (χ0v) is 18.7. The number of phenolic OH excluding ortho intramolecular Hbond substituents is 1. The summed E-state index contributed by atoms with van der Waals surface area (Å²) in [5.74, 6) is 0.934. The van der Waals surface area contributed by atoms with Gasteiger partial charge in [0.15, 0.2) is 12.6 Å². The Morgan fingerprint density at radius 1 is 1.12 bits per heavy atom. The molecule has 2 bridgehead atoms. The highest BCUT2D eigenvalue weighted by Gasteiger charge is 2.49. The number of phenols is 1. The number of piperidine rings is 1. The van der Waals surface area contributed by atoms with Crippen molar-refractivity contribution in [3.05, 3.63) is 42.7 Å². The summed E-state index contributed by atoms with van der Waals surface area (Å²) in [6.45, 7) is 3.96. The van der Waals surface area contributed by atoms with E-state index in [1.807, 2.05) is 18.2 Å². The molecule has 168 valence electrons. The van der Waals surface area contributed by atoms with Crippen molar-refractivity contribution in [3.8, 4) is 28.1 Å². The lowest BCUT2D eigenvalue weighted by Gasteiger charge is -2.45. The number of benzene rings is 1. The van der Waals surface area contributed by atoms with Crippen LogP contribution in [-0.2, 0) is 6.80 Å². The van der Waals surface area contributed by atoms with Crippen LogP contribution in [0.15, 0.2) is 42.7 Å². The molecule has 1 aromatic carbocycles. The molecular weight excluding hydrogens is 407 g/mol. The Kier molecular flexibility index (Phi) is 4.93. The van der Waals surface area contributed by atoms with E-state index in [2.05, 4.69) is 46.4 Å². The Hall–Kier alpha value is -3.00. The molecule has 3 atom stereocenters. The minimum atomic E-state index is -0.684. The third-order valence-electron chi connectivity index (χ3n) is 7.13. The van der Waals surface area contributed by atoms with Crippen molar-refractivity contribution in [2.24, 2.45) is 0 Å². The summed E-state index contributed by atoms with van der Waals surface area (Å²) in [6.07, 6.45) is 7.77. The van der Waals surface area contributed by atoms with E-state index in [1.54, 1.807) is 24.5 Å². The van der Waals surface area contributed by atoms with Gasteiger partial charge in [-0.1, -0.05) is 6.07 Å². The van der Waals surface area contributed by atoms with Gasteiger partial charge in [0.25, 0.3) is 0 Å². The van der Waals surface area contributed by atoms with Gasteiger partial charge in [0.05, 0.1) is 11.9 Å². The fourth-order valence-electron chi connectivity index (χ4n) is 5.45. The van der Waals surface area contributed by atoms with Crippen molar-refractivity contribution in [1.29, 1.82) is 0 Å². The number of halogens is 1. The smallest absolute Gasteiger partial charge is 0.181 e. The minimum Gasteiger partial charge on any atom is -0.507 e. The van der Waals surface area contributed by atoms with Gasteiger partial charge >= 0.3 is 0 Å². The number of fused-ring (bicyclic) bond motifs is 2. The van der Waals surface area contributed by atoms with E-state index >= 15 is 0 Å². The molecule has 7 nitrogen and oxygen atoms in total. The maximum atomic E-state index is 12.7. The van der Waals surface area contributed by atoms with Gasteiger partial charge in [-0.2, -0.15) is 5.10 Å². The van der Waals surface area contributed by atoms with E-state index in [0.29, 0.717) is 17.3 Å². The summed E-state index contributed by atoms with van der Waals surface area (Å²) < 4.78 is 13.9. The number of alkyl halides is 1. The molecule has 2 aliphatic heterocycles. The summed E-state index contributed by atoms with van der Waals surface area (Å²) in [6, 6.07) is 9.58. The molecule has 0 radical (unpaired) electrons. The van der Waals surface area contributed by atoms with Crippen LogP contribution in [0.25, 0.3) is 22.4 Å². The largest absolute Gasteiger partial charge is 0.507 e. The fourth-order valence-corrected chi connectivity index (χ4v) is 5.45. The number of aromatic hydroxyl groups is 1. The maximum absolute atomic E-state index is 12.7. The number of hydrogen-bond acceptors (Lipinski definition) is 6. The van der Waals surface area contributed by atoms with Crippen molar-refractivity contribution < 1.29 is 9.50 Å². The summed E-state index contributed by atoms with van der Waals surface area (Å²) in [5.41, 5.74) is 3.09. The maximum Gasteiger partial charge on any atom is 0.181 e. The molecule has 0 amide bonds. The van der Waals surface area contributed by atoms with Crippen LogP contribution in [0.5, 0.6) is 5.75 Å². The van der Waals surface area contributed by atoms with Crippen molar-refractivity contribution in [3.63, 3.8) is 0 Å². The highest BCUT2D eigenvalue weighted by molar-refractivity contribution is 5.74. The van der Waals surface area contributed by atoms with Crippen LogP contribution < -0.4 is 10.2 Å². The molecule has 2 aliphatic rings. The lowest BCUT2D eigenvalue weighted by Crippen LogP contribution is -2.58. The van der Waals surface area contributed by atoms with E-state index in [-0.39, 0.29) is 16.8 Å². The Morgan fingerprint density at radius 2 is 1.88 bits per heavy atom. The zero-order valence-electron chi connectivity index (χ0n) is 18.7. The molecule has 5 rings (SSSR count). The first-order chi connectivity index (χ1) is 15.3. The predicted molar refractivity (Wildman–Crippen MR) is 122 cm³/mol. The monoisotopic (exact) mass is 436 g/mol. The molecule has 2 N–H and O–H groups in total. The Bertz CT molecular complexity index is 1110. The number of nitrogens with one attached hydrogen (secondary N) is 1. The number of aromatic nitrogens is 4. The van der Waals surface area contributed by atoms with E-state index in [4.69, 9.17) is 0 Å². The Labute approximate surface area is 187 Å². The number of nitrogens with zero attached hydrogens (tertiary/aromatic N) is 5. The molecule has 8 heteroatoms. The third kappa shape index (κ3) is 3.72. The second-order valence-corrected chi connectivity index (χ2v) is 9.82. The van der Waals surface area contributed by atoms with Crippen LogP contribution in [-0.4, -0.2) is 49.3 Å². The third-order valence-corrected chi connectivity index (χ3v) is 7.13. The highest BCUT2D eigenvalue weighted by Crippen LogP contribution is 2.43. The molecule has 2 fully saturated rings. The van der Waals surface area contributed by atoms with Crippen molar-refractivity contribution in [2.75, 3.05) is 11.9 Å². The average molecular weight is 437 g/mol. The molecule has 2 aromatic heterocycles. The molecular formula is C24H29FN6O. The van der Waals surface area contributed by atoms with Crippen molar-refractivity contribution in [2.45, 2.75) is 63.4 Å². The quantitative estimate of drug-likeness (QED) is 0.626. The molecule has 32 heavy (non-hydrogen) atoms. The SMILES string of the molecule is CN(c1ccc(-c2ccc(-c3cnn(CF)c3)cc2O)nn1)[C@@H]1C[C@]2(C)CC[C@](C)(C1)N2. The predicted octanol–water partition coefficient (Wildman–Crippen LogP) is 4.14. The van der Waals surface area contributed by atoms with Gasteiger partial charge in [-0.3, -0.25) is 0 Å². The van der Waals surface area contributed by atoms with Gasteiger partial charge in [0, 0.05) is 41.5 Å². The molecule has 4 heterocycles. The molecule has 2 saturated heterocycles. The second kappa shape index (κ2) is 7.55. The summed E-state index contributed by atoms with van der Waals surface area (Å²) in [5, 5.41) is 27.2. The summed E-state index contributed by atoms with van der Waals surface area (Å²) in [4.78, 5) is 2.24. The second-order valence-electron chi connectivity index (χ2n) is 9.82. The molecule has 0 spiro atoms. The van der Waals surface area contributed by atoms with Gasteiger partial charge < -0.3 is 15.3 Å². The van der Waals surface area contributed by atoms with Gasteiger partial charge in [-0.25, -0.2) is 9.07 Å². The van der Waals surface area contributed by atoms with E-state index in [9.17, 15) is 9.50 Å². The van der Waals surface area contributed by atoms with E-state index < -0.39 is 6.80 Å². The molecule has 0 aliphatic carbocycles. The topological polar surface area (TPSA) is 79.1 Å². The van der Waals surface area contributed by atoms with Crippen LogP contribution in [0.3, 0.4) is 0 Å². The number of rotatable bonds is 5. The minimum absolute atomic E-state index is 0.0988. The first-order valence-electron chi connectivity index (χ1n) is 11.1. The zero-order chi connectivity index (χ0) is 22.5. The summed E-state index contributed by atoms with van der Waals surface area (Å²) in [7, 11) is 2.09. The van der Waals surface area contributed by atoms with E-state index in [0.717, 1.165) is 29.8 Å². The van der Waals surface area contributed by atoms with Crippen LogP contribution in [0.4, 0.5) is 10.2 Å². The molecule has 0 saturated carbocycles. The Morgan fingerprint density at radius 3 is 2.47 bits per heavy atom.